The normalized spacial score (nSPS) is 23.4. The average molecular weight is 398 g/mol. The zero-order valence-corrected chi connectivity index (χ0v) is 17.4. The van der Waals surface area contributed by atoms with E-state index in [9.17, 15) is 13.2 Å². The molecule has 1 aliphatic carbocycles. The summed E-state index contributed by atoms with van der Waals surface area (Å²) in [5, 5.41) is 0.196. The van der Waals surface area contributed by atoms with Crippen molar-refractivity contribution in [3.05, 3.63) is 34.9 Å². The Balaban J connectivity index is 1.85. The fraction of sp³-hybridized carbons (Fsp3) is 0.650. The van der Waals surface area contributed by atoms with Gasteiger partial charge >= 0.3 is 0 Å². The molecule has 26 heavy (non-hydrogen) atoms. The van der Waals surface area contributed by atoms with E-state index in [1.54, 1.807) is 25.7 Å². The van der Waals surface area contributed by atoms with E-state index < -0.39 is 25.2 Å². The van der Waals surface area contributed by atoms with Crippen LogP contribution in [0.5, 0.6) is 0 Å². The van der Waals surface area contributed by atoms with Crippen molar-refractivity contribution in [2.75, 3.05) is 13.1 Å². The number of carbonyl (C=O) groups is 1. The van der Waals surface area contributed by atoms with Crippen molar-refractivity contribution in [1.29, 1.82) is 0 Å². The molecule has 3 rings (SSSR count). The van der Waals surface area contributed by atoms with Crippen LogP contribution >= 0.6 is 11.6 Å². The Morgan fingerprint density at radius 1 is 1.15 bits per heavy atom. The number of hydrogen-bond donors (Lipinski definition) is 0. The van der Waals surface area contributed by atoms with Gasteiger partial charge in [-0.25, -0.2) is 8.42 Å². The number of hydrogen-bond acceptors (Lipinski definition) is 3. The van der Waals surface area contributed by atoms with Crippen LogP contribution in [0.2, 0.25) is 5.02 Å². The molecule has 1 aromatic carbocycles. The van der Waals surface area contributed by atoms with Gasteiger partial charge in [0.2, 0.25) is 5.91 Å². The number of halogens is 1. The third-order valence-electron chi connectivity index (χ3n) is 5.99. The van der Waals surface area contributed by atoms with Crippen LogP contribution in [0, 0.1) is 0 Å². The highest BCUT2D eigenvalue weighted by atomic mass is 35.5. The molecule has 2 aliphatic rings. The summed E-state index contributed by atoms with van der Waals surface area (Å²) in [5.74, 6) is 0.0870. The van der Waals surface area contributed by atoms with Crippen molar-refractivity contribution in [2.45, 2.75) is 68.3 Å². The summed E-state index contributed by atoms with van der Waals surface area (Å²) >= 11 is 6.02. The molecule has 1 heterocycles. The van der Waals surface area contributed by atoms with Gasteiger partial charge in [-0.15, -0.1) is 0 Å². The zero-order chi connectivity index (χ0) is 19.2. The first-order valence-electron chi connectivity index (χ1n) is 9.37. The van der Waals surface area contributed by atoms with E-state index in [0.29, 0.717) is 24.5 Å². The Hall–Kier alpha value is -1.07. The van der Waals surface area contributed by atoms with Gasteiger partial charge in [-0.1, -0.05) is 36.6 Å². The molecule has 1 unspecified atom stereocenters. The molecule has 0 spiro atoms. The molecule has 2 fully saturated rings. The third kappa shape index (κ3) is 3.29. The quantitative estimate of drug-likeness (QED) is 0.775. The molecular formula is C20H28ClNO3S. The maximum atomic E-state index is 13.5. The Kier molecular flexibility index (Phi) is 5.17. The molecule has 0 N–H and O–H groups in total. The van der Waals surface area contributed by atoms with Crippen LogP contribution in [0.4, 0.5) is 0 Å². The largest absolute Gasteiger partial charge is 0.341 e. The second-order valence-electron chi connectivity index (χ2n) is 8.62. The Labute approximate surface area is 161 Å². The van der Waals surface area contributed by atoms with E-state index in [1.165, 1.54) is 0 Å². The Morgan fingerprint density at radius 3 is 2.27 bits per heavy atom. The summed E-state index contributed by atoms with van der Waals surface area (Å²) in [6.45, 7) is 6.04. The van der Waals surface area contributed by atoms with Gasteiger partial charge in [0, 0.05) is 18.1 Å². The number of rotatable bonds is 3. The monoisotopic (exact) mass is 397 g/mol. The van der Waals surface area contributed by atoms with E-state index in [2.05, 4.69) is 0 Å². The van der Waals surface area contributed by atoms with Gasteiger partial charge in [0.25, 0.3) is 0 Å². The zero-order valence-electron chi connectivity index (χ0n) is 15.8. The minimum absolute atomic E-state index is 0.0870. The molecular weight excluding hydrogens is 370 g/mol. The first-order valence-corrected chi connectivity index (χ1v) is 11.3. The lowest BCUT2D eigenvalue weighted by molar-refractivity contribution is -0.136. The van der Waals surface area contributed by atoms with E-state index in [1.807, 2.05) is 24.3 Å². The number of sulfone groups is 1. The van der Waals surface area contributed by atoms with E-state index >= 15 is 0 Å². The van der Waals surface area contributed by atoms with Gasteiger partial charge in [-0.3, -0.25) is 4.79 Å². The fourth-order valence-electron chi connectivity index (χ4n) is 4.34. The van der Waals surface area contributed by atoms with Gasteiger partial charge in [0.15, 0.2) is 9.84 Å². The van der Waals surface area contributed by atoms with E-state index in [-0.39, 0.29) is 5.91 Å². The Morgan fingerprint density at radius 2 is 1.73 bits per heavy atom. The van der Waals surface area contributed by atoms with Crippen LogP contribution in [0.15, 0.2) is 24.3 Å². The molecule has 1 aliphatic heterocycles. The predicted molar refractivity (Wildman–Crippen MR) is 105 cm³/mol. The lowest BCUT2D eigenvalue weighted by Gasteiger charge is -2.33. The number of carbonyl (C=O) groups excluding carboxylic acids is 1. The Bertz CT molecular complexity index is 774. The van der Waals surface area contributed by atoms with Gasteiger partial charge in [0.1, 0.15) is 0 Å². The molecule has 144 valence electrons. The molecule has 1 aromatic rings. The van der Waals surface area contributed by atoms with Gasteiger partial charge in [0.05, 0.1) is 15.4 Å². The lowest BCUT2D eigenvalue weighted by atomic mass is 9.77. The van der Waals surface area contributed by atoms with Crippen LogP contribution in [0.1, 0.15) is 58.4 Å². The van der Waals surface area contributed by atoms with Gasteiger partial charge in [-0.05, 0) is 57.7 Å². The highest BCUT2D eigenvalue weighted by molar-refractivity contribution is 7.93. The molecule has 0 radical (unpaired) electrons. The minimum Gasteiger partial charge on any atom is -0.341 e. The third-order valence-corrected chi connectivity index (χ3v) is 9.21. The minimum atomic E-state index is -3.27. The van der Waals surface area contributed by atoms with Gasteiger partial charge < -0.3 is 4.90 Å². The van der Waals surface area contributed by atoms with Crippen molar-refractivity contribution < 1.29 is 13.2 Å². The van der Waals surface area contributed by atoms with Crippen LogP contribution in [-0.4, -0.2) is 42.3 Å². The molecule has 1 saturated heterocycles. The van der Waals surface area contributed by atoms with Crippen LogP contribution < -0.4 is 0 Å². The average Bonchev–Trinajstić information content (AvgIpc) is 3.24. The second-order valence-corrected chi connectivity index (χ2v) is 12.0. The number of benzene rings is 1. The first-order chi connectivity index (χ1) is 12.1. The smallest absolute Gasteiger partial charge is 0.233 e. The molecule has 0 bridgehead atoms. The second kappa shape index (κ2) is 6.83. The summed E-state index contributed by atoms with van der Waals surface area (Å²) in [7, 11) is -3.27. The summed E-state index contributed by atoms with van der Waals surface area (Å²) < 4.78 is 24.8. The summed E-state index contributed by atoms with van der Waals surface area (Å²) in [6, 6.07) is 7.57. The highest BCUT2D eigenvalue weighted by Gasteiger charge is 2.48. The molecule has 4 nitrogen and oxygen atoms in total. The van der Waals surface area contributed by atoms with Gasteiger partial charge in [-0.2, -0.15) is 0 Å². The van der Waals surface area contributed by atoms with Crippen molar-refractivity contribution in [3.63, 3.8) is 0 Å². The fourth-order valence-corrected chi connectivity index (χ4v) is 6.26. The summed E-state index contributed by atoms with van der Waals surface area (Å²) in [6.07, 6.45) is 4.21. The highest BCUT2D eigenvalue weighted by Crippen LogP contribution is 2.44. The molecule has 6 heteroatoms. The summed E-state index contributed by atoms with van der Waals surface area (Å²) in [4.78, 5) is 15.3. The van der Waals surface area contributed by atoms with Crippen molar-refractivity contribution in [3.8, 4) is 0 Å². The standard InChI is InChI=1S/C20H28ClNO3S/c1-19(2,3)26(24,25)17-10-13-22(14-17)18(23)20(11-4-5-12-20)15-6-8-16(21)9-7-15/h6-9,17H,4-5,10-14H2,1-3H3. The SMILES string of the molecule is CC(C)(C)S(=O)(=O)C1CCN(C(=O)C2(c3ccc(Cl)cc3)CCCC2)C1. The molecule has 1 atom stereocenters. The number of likely N-dealkylation sites (tertiary alicyclic amines) is 1. The summed E-state index contributed by atoms with van der Waals surface area (Å²) in [5.41, 5.74) is 0.483. The molecule has 0 aromatic heterocycles. The molecule has 1 amide bonds. The predicted octanol–water partition coefficient (Wildman–Crippen LogP) is 3.97. The first kappa shape index (κ1) is 19.7. The van der Waals surface area contributed by atoms with Crippen LogP contribution in [0.25, 0.3) is 0 Å². The van der Waals surface area contributed by atoms with Crippen molar-refractivity contribution in [2.24, 2.45) is 0 Å². The van der Waals surface area contributed by atoms with Crippen LogP contribution in [0.3, 0.4) is 0 Å². The number of nitrogens with zero attached hydrogens (tertiary/aromatic N) is 1. The van der Waals surface area contributed by atoms with Crippen molar-refractivity contribution >= 4 is 27.3 Å². The maximum Gasteiger partial charge on any atom is 0.233 e. The maximum absolute atomic E-state index is 13.5. The van der Waals surface area contributed by atoms with E-state index in [4.69, 9.17) is 11.6 Å². The van der Waals surface area contributed by atoms with Crippen LogP contribution in [-0.2, 0) is 20.0 Å². The topological polar surface area (TPSA) is 54.5 Å². The van der Waals surface area contributed by atoms with E-state index in [0.717, 1.165) is 31.2 Å². The van der Waals surface area contributed by atoms with Crippen molar-refractivity contribution in [1.82, 2.24) is 4.90 Å². The lowest BCUT2D eigenvalue weighted by Crippen LogP contribution is -2.46. The number of amides is 1. The molecule has 1 saturated carbocycles.